The van der Waals surface area contributed by atoms with Crippen LogP contribution in [0.5, 0.6) is 11.6 Å². The highest BCUT2D eigenvalue weighted by atomic mass is 79.9. The molecule has 0 bridgehead atoms. The van der Waals surface area contributed by atoms with Crippen molar-refractivity contribution in [3.63, 3.8) is 0 Å². The molecule has 6 heteroatoms. The fourth-order valence-corrected chi connectivity index (χ4v) is 1.93. The first-order valence-electron chi connectivity index (χ1n) is 5.78. The average molecular weight is 339 g/mol. The van der Waals surface area contributed by atoms with Crippen LogP contribution in [0, 0.1) is 5.82 Å². The van der Waals surface area contributed by atoms with E-state index in [-0.39, 0.29) is 11.7 Å². The lowest BCUT2D eigenvalue weighted by Crippen LogP contribution is -2.21. The maximum atomic E-state index is 13.0. The van der Waals surface area contributed by atoms with Crippen molar-refractivity contribution in [3.05, 3.63) is 52.4 Å². The molecule has 0 aliphatic heterocycles. The van der Waals surface area contributed by atoms with Crippen molar-refractivity contribution < 1.29 is 13.9 Å². The molecular weight excluding hydrogens is 327 g/mol. The molecule has 0 unspecified atom stereocenters. The van der Waals surface area contributed by atoms with Crippen LogP contribution in [0.25, 0.3) is 0 Å². The van der Waals surface area contributed by atoms with Crippen molar-refractivity contribution in [2.45, 2.75) is 0 Å². The summed E-state index contributed by atoms with van der Waals surface area (Å²) in [4.78, 5) is 17.2. The van der Waals surface area contributed by atoms with Crippen LogP contribution in [0.2, 0.25) is 0 Å². The monoisotopic (exact) mass is 338 g/mol. The number of halogens is 2. The molecule has 0 aliphatic carbocycles. The van der Waals surface area contributed by atoms with Gasteiger partial charge < -0.3 is 9.64 Å². The fraction of sp³-hybridized carbons (Fsp3) is 0.143. The third-order valence-electron chi connectivity index (χ3n) is 2.50. The lowest BCUT2D eigenvalue weighted by atomic mass is 10.2. The van der Waals surface area contributed by atoms with E-state index in [2.05, 4.69) is 20.9 Å². The Morgan fingerprint density at radius 2 is 2.05 bits per heavy atom. The molecule has 4 nitrogen and oxygen atoms in total. The van der Waals surface area contributed by atoms with Crippen molar-refractivity contribution in [1.29, 1.82) is 0 Å². The van der Waals surface area contributed by atoms with E-state index in [9.17, 15) is 9.18 Å². The molecule has 0 spiro atoms. The predicted molar refractivity (Wildman–Crippen MR) is 76.4 cm³/mol. The molecule has 1 aromatic heterocycles. The second-order valence-corrected chi connectivity index (χ2v) is 5.12. The van der Waals surface area contributed by atoms with E-state index in [1.54, 1.807) is 26.2 Å². The van der Waals surface area contributed by atoms with Crippen LogP contribution in [0.4, 0.5) is 4.39 Å². The van der Waals surface area contributed by atoms with E-state index in [4.69, 9.17) is 4.74 Å². The molecule has 0 saturated carbocycles. The maximum Gasteiger partial charge on any atom is 0.254 e. The van der Waals surface area contributed by atoms with E-state index >= 15 is 0 Å². The molecule has 0 radical (unpaired) electrons. The zero-order valence-corrected chi connectivity index (χ0v) is 12.5. The van der Waals surface area contributed by atoms with Gasteiger partial charge in [0, 0.05) is 26.4 Å². The number of pyridine rings is 1. The van der Waals surface area contributed by atoms with Crippen LogP contribution in [-0.4, -0.2) is 29.9 Å². The van der Waals surface area contributed by atoms with Gasteiger partial charge in [-0.05, 0) is 40.2 Å². The van der Waals surface area contributed by atoms with E-state index in [1.165, 1.54) is 29.3 Å². The van der Waals surface area contributed by atoms with Crippen molar-refractivity contribution in [2.75, 3.05) is 14.1 Å². The average Bonchev–Trinajstić information content (AvgIpc) is 2.42. The number of rotatable bonds is 3. The Morgan fingerprint density at radius 1 is 1.30 bits per heavy atom. The third-order valence-corrected chi connectivity index (χ3v) is 3.12. The van der Waals surface area contributed by atoms with Gasteiger partial charge in [-0.25, -0.2) is 9.37 Å². The summed E-state index contributed by atoms with van der Waals surface area (Å²) in [5, 5.41) is 0. The van der Waals surface area contributed by atoms with Gasteiger partial charge in [-0.15, -0.1) is 0 Å². The zero-order valence-electron chi connectivity index (χ0n) is 10.9. The molecule has 0 fully saturated rings. The summed E-state index contributed by atoms with van der Waals surface area (Å²) in [5.74, 6) is 0.286. The molecule has 1 heterocycles. The zero-order chi connectivity index (χ0) is 14.7. The standard InChI is InChI=1S/C14H12BrFN2O2/c1-18(2)14(19)9-3-6-13(17-8-9)20-12-5-4-10(16)7-11(12)15/h3-8H,1-2H3. The highest BCUT2D eigenvalue weighted by molar-refractivity contribution is 9.10. The lowest BCUT2D eigenvalue weighted by Gasteiger charge is -2.10. The number of amides is 1. The molecule has 104 valence electrons. The van der Waals surface area contributed by atoms with Crippen LogP contribution in [-0.2, 0) is 0 Å². The Kier molecular flexibility index (Phi) is 4.34. The normalized spacial score (nSPS) is 10.2. The Balaban J connectivity index is 2.17. The van der Waals surface area contributed by atoms with Crippen LogP contribution in [0.15, 0.2) is 41.0 Å². The Labute approximate surface area is 124 Å². The summed E-state index contributed by atoms with van der Waals surface area (Å²) in [6, 6.07) is 7.32. The van der Waals surface area contributed by atoms with Gasteiger partial charge in [0.2, 0.25) is 5.88 Å². The second kappa shape index (κ2) is 6.00. The first kappa shape index (κ1) is 14.5. The summed E-state index contributed by atoms with van der Waals surface area (Å²) in [5.41, 5.74) is 0.473. The summed E-state index contributed by atoms with van der Waals surface area (Å²) in [6.45, 7) is 0. The number of carbonyl (C=O) groups is 1. The molecule has 2 rings (SSSR count). The molecule has 0 saturated heterocycles. The highest BCUT2D eigenvalue weighted by Gasteiger charge is 2.09. The Morgan fingerprint density at radius 3 is 2.60 bits per heavy atom. The largest absolute Gasteiger partial charge is 0.438 e. The predicted octanol–water partition coefficient (Wildman–Crippen LogP) is 3.48. The number of hydrogen-bond acceptors (Lipinski definition) is 3. The van der Waals surface area contributed by atoms with Gasteiger partial charge >= 0.3 is 0 Å². The van der Waals surface area contributed by atoms with Gasteiger partial charge in [-0.1, -0.05) is 0 Å². The molecule has 1 aromatic carbocycles. The molecule has 0 aliphatic rings. The minimum atomic E-state index is -0.357. The molecule has 2 aromatic rings. The minimum absolute atomic E-state index is 0.132. The first-order valence-corrected chi connectivity index (χ1v) is 6.57. The van der Waals surface area contributed by atoms with Crippen molar-refractivity contribution >= 4 is 21.8 Å². The molecule has 1 amide bonds. The first-order chi connectivity index (χ1) is 9.47. The van der Waals surface area contributed by atoms with Gasteiger partial charge in [-0.2, -0.15) is 0 Å². The van der Waals surface area contributed by atoms with Crippen LogP contribution < -0.4 is 4.74 Å². The van der Waals surface area contributed by atoms with E-state index in [0.29, 0.717) is 21.7 Å². The molecular formula is C14H12BrFN2O2. The number of hydrogen-bond donors (Lipinski definition) is 0. The third kappa shape index (κ3) is 3.33. The lowest BCUT2D eigenvalue weighted by molar-refractivity contribution is 0.0827. The molecule has 20 heavy (non-hydrogen) atoms. The van der Waals surface area contributed by atoms with Gasteiger partial charge in [0.05, 0.1) is 10.0 Å². The fourth-order valence-electron chi connectivity index (χ4n) is 1.50. The van der Waals surface area contributed by atoms with Crippen molar-refractivity contribution in [2.24, 2.45) is 0 Å². The van der Waals surface area contributed by atoms with Crippen molar-refractivity contribution in [3.8, 4) is 11.6 Å². The van der Waals surface area contributed by atoms with Crippen LogP contribution >= 0.6 is 15.9 Å². The van der Waals surface area contributed by atoms with E-state index < -0.39 is 0 Å². The van der Waals surface area contributed by atoms with Gasteiger partial charge in [0.1, 0.15) is 11.6 Å². The van der Waals surface area contributed by atoms with Crippen LogP contribution in [0.1, 0.15) is 10.4 Å². The Bertz CT molecular complexity index is 630. The summed E-state index contributed by atoms with van der Waals surface area (Å²) < 4.78 is 19.0. The second-order valence-electron chi connectivity index (χ2n) is 4.26. The SMILES string of the molecule is CN(C)C(=O)c1ccc(Oc2ccc(F)cc2Br)nc1. The topological polar surface area (TPSA) is 42.4 Å². The number of carbonyl (C=O) groups excluding carboxylic acids is 1. The van der Waals surface area contributed by atoms with Gasteiger partial charge in [-0.3, -0.25) is 4.79 Å². The highest BCUT2D eigenvalue weighted by Crippen LogP contribution is 2.29. The van der Waals surface area contributed by atoms with Gasteiger partial charge in [0.15, 0.2) is 0 Å². The smallest absolute Gasteiger partial charge is 0.254 e. The maximum absolute atomic E-state index is 13.0. The summed E-state index contributed by atoms with van der Waals surface area (Å²) in [6.07, 6.45) is 1.44. The van der Waals surface area contributed by atoms with Crippen LogP contribution in [0.3, 0.4) is 0 Å². The molecule has 0 N–H and O–H groups in total. The number of aromatic nitrogens is 1. The summed E-state index contributed by atoms with van der Waals surface area (Å²) >= 11 is 3.21. The number of nitrogens with zero attached hydrogens (tertiary/aromatic N) is 2. The Hall–Kier alpha value is -1.95. The van der Waals surface area contributed by atoms with E-state index in [0.717, 1.165) is 0 Å². The van der Waals surface area contributed by atoms with Gasteiger partial charge in [0.25, 0.3) is 5.91 Å². The van der Waals surface area contributed by atoms with E-state index in [1.807, 2.05) is 0 Å². The molecule has 0 atom stereocenters. The summed E-state index contributed by atoms with van der Waals surface area (Å²) in [7, 11) is 3.34. The number of benzene rings is 1. The quantitative estimate of drug-likeness (QED) is 0.860. The minimum Gasteiger partial charge on any atom is -0.438 e. The van der Waals surface area contributed by atoms with Crippen molar-refractivity contribution in [1.82, 2.24) is 9.88 Å². The number of ether oxygens (including phenoxy) is 1.